The van der Waals surface area contributed by atoms with Gasteiger partial charge in [-0.15, -0.1) is 0 Å². The average molecular weight is 383 g/mol. The van der Waals surface area contributed by atoms with Gasteiger partial charge in [-0.1, -0.05) is 52.8 Å². The summed E-state index contributed by atoms with van der Waals surface area (Å²) in [5.74, 6) is -0.447. The van der Waals surface area contributed by atoms with Gasteiger partial charge in [-0.25, -0.2) is 4.79 Å². The Labute approximate surface area is 166 Å². The molecule has 2 aromatic rings. The molecule has 5 nitrogen and oxygen atoms in total. The number of aromatic amines is 1. The zero-order valence-electron chi connectivity index (χ0n) is 17.8. The number of nitrogens with zero attached hydrogens (tertiary/aromatic N) is 1. The number of aromatic nitrogens is 1. The van der Waals surface area contributed by atoms with Crippen LogP contribution in [-0.4, -0.2) is 34.4 Å². The van der Waals surface area contributed by atoms with Crippen LogP contribution in [0.3, 0.4) is 0 Å². The molecule has 0 fully saturated rings. The summed E-state index contributed by atoms with van der Waals surface area (Å²) < 4.78 is 5.51. The summed E-state index contributed by atoms with van der Waals surface area (Å²) in [6, 6.07) is 8.02. The summed E-state index contributed by atoms with van der Waals surface area (Å²) in [4.78, 5) is 31.2. The molecule has 0 spiro atoms. The number of amides is 1. The van der Waals surface area contributed by atoms with Crippen LogP contribution in [-0.2, 0) is 19.7 Å². The van der Waals surface area contributed by atoms with Gasteiger partial charge in [0.1, 0.15) is 0 Å². The smallest absolute Gasteiger partial charge is 0.342 e. The van der Waals surface area contributed by atoms with Crippen molar-refractivity contribution in [3.05, 3.63) is 41.7 Å². The number of carbonyl (C=O) groups is 2. The van der Waals surface area contributed by atoms with Gasteiger partial charge in [-0.3, -0.25) is 4.79 Å². The second-order valence-corrected chi connectivity index (χ2v) is 9.48. The number of fused-ring (bicyclic) bond motifs is 3. The molecule has 0 saturated carbocycles. The van der Waals surface area contributed by atoms with Gasteiger partial charge >= 0.3 is 5.97 Å². The maximum atomic E-state index is 13.1. The van der Waals surface area contributed by atoms with E-state index in [2.05, 4.69) is 24.9 Å². The van der Waals surface area contributed by atoms with E-state index in [0.717, 1.165) is 22.2 Å². The Hall–Kier alpha value is -2.56. The number of hydrogen-bond acceptors (Lipinski definition) is 3. The second kappa shape index (κ2) is 6.80. The topological polar surface area (TPSA) is 62.4 Å². The van der Waals surface area contributed by atoms with E-state index in [-0.39, 0.29) is 17.4 Å². The Morgan fingerprint density at radius 3 is 2.43 bits per heavy atom. The average Bonchev–Trinajstić information content (AvgIpc) is 2.90. The fraction of sp³-hybridized carbons (Fsp3) is 0.478. The van der Waals surface area contributed by atoms with Crippen molar-refractivity contribution in [2.45, 2.75) is 60.0 Å². The quantitative estimate of drug-likeness (QED) is 0.771. The van der Waals surface area contributed by atoms with Gasteiger partial charge < -0.3 is 14.6 Å². The van der Waals surface area contributed by atoms with Crippen LogP contribution in [0.4, 0.5) is 0 Å². The van der Waals surface area contributed by atoms with Crippen LogP contribution in [0.1, 0.15) is 59.7 Å². The number of ether oxygens (including phenoxy) is 1. The Balaban J connectivity index is 2.25. The summed E-state index contributed by atoms with van der Waals surface area (Å²) in [6.45, 7) is 14.0. The molecule has 1 amide bonds. The lowest BCUT2D eigenvalue weighted by Gasteiger charge is -2.33. The largest absolute Gasteiger partial charge is 0.459 e. The van der Waals surface area contributed by atoms with Gasteiger partial charge in [-0.2, -0.15) is 0 Å². The molecule has 0 atom stereocenters. The molecule has 5 heteroatoms. The van der Waals surface area contributed by atoms with Crippen molar-refractivity contribution in [3.63, 3.8) is 0 Å². The number of esters is 1. The molecule has 1 aliphatic heterocycles. The van der Waals surface area contributed by atoms with Crippen molar-refractivity contribution in [2.75, 3.05) is 6.54 Å². The third-order valence-electron chi connectivity index (χ3n) is 4.97. The summed E-state index contributed by atoms with van der Waals surface area (Å²) in [7, 11) is 0. The molecule has 3 rings (SSSR count). The van der Waals surface area contributed by atoms with Crippen molar-refractivity contribution < 1.29 is 14.3 Å². The highest BCUT2D eigenvalue weighted by Crippen LogP contribution is 2.41. The fourth-order valence-corrected chi connectivity index (χ4v) is 3.81. The Bertz CT molecular complexity index is 958. The summed E-state index contributed by atoms with van der Waals surface area (Å²) in [6.07, 6.45) is 1.42. The van der Waals surface area contributed by atoms with Crippen molar-refractivity contribution in [1.82, 2.24) is 9.88 Å². The van der Waals surface area contributed by atoms with E-state index in [4.69, 9.17) is 4.74 Å². The molecule has 1 aromatic carbocycles. The molecule has 150 valence electrons. The number of para-hydroxylation sites is 1. The van der Waals surface area contributed by atoms with Crippen LogP contribution >= 0.6 is 0 Å². The van der Waals surface area contributed by atoms with Gasteiger partial charge in [0.05, 0.1) is 17.4 Å². The summed E-state index contributed by atoms with van der Waals surface area (Å²) in [5.41, 5.74) is 2.23. The standard InChI is InChI=1S/C23H30N2O3/c1-14(2)28-20(26)16-12-25(21(27)22(3,4)5)13-23(6,7)18-15-10-8-9-11-17(15)24-19(16)18/h8-12,14,24H,13H2,1-7H3. The fourth-order valence-electron chi connectivity index (χ4n) is 3.81. The first-order chi connectivity index (χ1) is 12.9. The molecular weight excluding hydrogens is 352 g/mol. The molecule has 2 heterocycles. The first-order valence-electron chi connectivity index (χ1n) is 9.77. The normalized spacial score (nSPS) is 16.6. The lowest BCUT2D eigenvalue weighted by Crippen LogP contribution is -2.42. The van der Waals surface area contributed by atoms with Crippen molar-refractivity contribution in [2.24, 2.45) is 5.41 Å². The number of H-pyrrole nitrogens is 1. The third kappa shape index (κ3) is 3.58. The molecule has 0 unspecified atom stereocenters. The number of carbonyl (C=O) groups excluding carboxylic acids is 2. The van der Waals surface area contributed by atoms with Crippen LogP contribution < -0.4 is 0 Å². The van der Waals surface area contributed by atoms with Gasteiger partial charge in [-0.05, 0) is 25.5 Å². The SMILES string of the molecule is CC(C)OC(=O)C1=CN(C(=O)C(C)(C)C)CC(C)(C)c2c1[nH]c1ccccc21. The number of benzene rings is 1. The predicted octanol–water partition coefficient (Wildman–Crippen LogP) is 4.63. The lowest BCUT2D eigenvalue weighted by atomic mass is 9.81. The number of hydrogen-bond donors (Lipinski definition) is 1. The van der Waals surface area contributed by atoms with E-state index < -0.39 is 11.4 Å². The van der Waals surface area contributed by atoms with Crippen molar-refractivity contribution in [1.29, 1.82) is 0 Å². The molecule has 28 heavy (non-hydrogen) atoms. The minimum Gasteiger partial charge on any atom is -0.459 e. The molecule has 1 aromatic heterocycles. The third-order valence-corrected chi connectivity index (χ3v) is 4.97. The molecule has 1 aliphatic rings. The molecule has 1 N–H and O–H groups in total. The lowest BCUT2D eigenvalue weighted by molar-refractivity contribution is -0.140. The van der Waals surface area contributed by atoms with E-state index in [0.29, 0.717) is 12.1 Å². The Kier molecular flexibility index (Phi) is 4.90. The maximum Gasteiger partial charge on any atom is 0.342 e. The zero-order chi connectivity index (χ0) is 20.9. The minimum absolute atomic E-state index is 0.0233. The molecule has 0 aliphatic carbocycles. The van der Waals surface area contributed by atoms with Crippen LogP contribution in [0.5, 0.6) is 0 Å². The van der Waals surface area contributed by atoms with Crippen LogP contribution in [0.25, 0.3) is 16.5 Å². The monoisotopic (exact) mass is 382 g/mol. The van der Waals surface area contributed by atoms with E-state index in [9.17, 15) is 9.59 Å². The maximum absolute atomic E-state index is 13.1. The summed E-state index contributed by atoms with van der Waals surface area (Å²) >= 11 is 0. The van der Waals surface area contributed by atoms with Crippen molar-refractivity contribution in [3.8, 4) is 0 Å². The minimum atomic E-state index is -0.556. The molecule has 0 saturated heterocycles. The van der Waals surface area contributed by atoms with Crippen LogP contribution in [0, 0.1) is 5.41 Å². The molecule has 0 bridgehead atoms. The number of nitrogens with one attached hydrogen (secondary N) is 1. The molecular formula is C23H30N2O3. The molecule has 0 radical (unpaired) electrons. The highest BCUT2D eigenvalue weighted by atomic mass is 16.5. The van der Waals surface area contributed by atoms with E-state index in [1.165, 1.54) is 0 Å². The highest BCUT2D eigenvalue weighted by molar-refractivity contribution is 6.18. The summed E-state index contributed by atoms with van der Waals surface area (Å²) in [5, 5.41) is 1.07. The highest BCUT2D eigenvalue weighted by Gasteiger charge is 2.39. The van der Waals surface area contributed by atoms with Crippen molar-refractivity contribution >= 4 is 28.4 Å². The predicted molar refractivity (Wildman–Crippen MR) is 112 cm³/mol. The van der Waals surface area contributed by atoms with Gasteiger partial charge in [0.15, 0.2) is 0 Å². The second-order valence-electron chi connectivity index (χ2n) is 9.48. The van der Waals surface area contributed by atoms with E-state index in [1.54, 1.807) is 11.1 Å². The Morgan fingerprint density at radius 2 is 1.82 bits per heavy atom. The van der Waals surface area contributed by atoms with E-state index in [1.807, 2.05) is 52.8 Å². The Morgan fingerprint density at radius 1 is 1.18 bits per heavy atom. The zero-order valence-corrected chi connectivity index (χ0v) is 17.8. The number of rotatable bonds is 2. The van der Waals surface area contributed by atoms with Crippen LogP contribution in [0.2, 0.25) is 0 Å². The van der Waals surface area contributed by atoms with Gasteiger partial charge in [0.25, 0.3) is 0 Å². The van der Waals surface area contributed by atoms with Gasteiger partial charge in [0, 0.05) is 34.5 Å². The van der Waals surface area contributed by atoms with Crippen LogP contribution in [0.15, 0.2) is 30.5 Å². The van der Waals surface area contributed by atoms with Gasteiger partial charge in [0.2, 0.25) is 5.91 Å². The first-order valence-corrected chi connectivity index (χ1v) is 9.77. The van der Waals surface area contributed by atoms with E-state index >= 15 is 0 Å². The first kappa shape index (κ1) is 20.2.